The van der Waals surface area contributed by atoms with Crippen molar-refractivity contribution >= 4 is 11.5 Å². The molecule has 0 radical (unpaired) electrons. The fourth-order valence-electron chi connectivity index (χ4n) is 4.19. The number of ether oxygens (including phenoxy) is 1. The zero-order valence-corrected chi connectivity index (χ0v) is 14.6. The van der Waals surface area contributed by atoms with Gasteiger partial charge >= 0.3 is 0 Å². The van der Waals surface area contributed by atoms with Crippen molar-refractivity contribution in [3.8, 4) is 11.9 Å². The van der Waals surface area contributed by atoms with Crippen LogP contribution in [0.3, 0.4) is 0 Å². The van der Waals surface area contributed by atoms with Gasteiger partial charge in [-0.2, -0.15) is 5.26 Å². The summed E-state index contributed by atoms with van der Waals surface area (Å²) < 4.78 is 19.9. The Bertz CT molecular complexity index is 852. The van der Waals surface area contributed by atoms with Crippen molar-refractivity contribution in [2.45, 2.75) is 18.9 Å². The molecule has 0 saturated carbocycles. The van der Waals surface area contributed by atoms with E-state index in [2.05, 4.69) is 25.8 Å². The van der Waals surface area contributed by atoms with Gasteiger partial charge in [0.2, 0.25) is 0 Å². The molecule has 134 valence electrons. The van der Waals surface area contributed by atoms with E-state index in [1.807, 2.05) is 0 Å². The van der Waals surface area contributed by atoms with Gasteiger partial charge in [0.1, 0.15) is 11.9 Å². The molecule has 2 unspecified atom stereocenters. The normalized spacial score (nSPS) is 22.0. The van der Waals surface area contributed by atoms with Crippen LogP contribution in [0, 0.1) is 23.1 Å². The van der Waals surface area contributed by atoms with Gasteiger partial charge in [0.15, 0.2) is 5.82 Å². The highest BCUT2D eigenvalue weighted by Gasteiger charge is 2.41. The fraction of sp³-hybridized carbons (Fsp3) is 0.421. The molecule has 2 aliphatic heterocycles. The van der Waals surface area contributed by atoms with Crippen LogP contribution in [0.1, 0.15) is 18.4 Å². The third kappa shape index (κ3) is 2.71. The first kappa shape index (κ1) is 16.6. The van der Waals surface area contributed by atoms with E-state index in [0.29, 0.717) is 35.4 Å². The van der Waals surface area contributed by atoms with Gasteiger partial charge in [-0.05, 0) is 30.9 Å². The Morgan fingerprint density at radius 1 is 1.23 bits per heavy atom. The topological polar surface area (TPSA) is 65.3 Å². The minimum absolute atomic E-state index is 0.138. The Labute approximate surface area is 151 Å². The first-order valence-electron chi connectivity index (χ1n) is 8.78. The zero-order valence-electron chi connectivity index (χ0n) is 14.6. The molecule has 2 aromatic rings. The van der Waals surface area contributed by atoms with Crippen LogP contribution in [-0.4, -0.2) is 42.8 Å². The van der Waals surface area contributed by atoms with Crippen LogP contribution in [0.25, 0.3) is 0 Å². The summed E-state index contributed by atoms with van der Waals surface area (Å²) >= 11 is 0. The SMILES string of the molecule is COc1nccnc1N1CCC2CCN(c3c(F)cccc3C#N)C2C1. The van der Waals surface area contributed by atoms with Crippen LogP contribution >= 0.6 is 0 Å². The Morgan fingerprint density at radius 2 is 2.04 bits per heavy atom. The van der Waals surface area contributed by atoms with Gasteiger partial charge in [-0.3, -0.25) is 0 Å². The van der Waals surface area contributed by atoms with Crippen molar-refractivity contribution in [1.29, 1.82) is 5.26 Å². The first-order chi connectivity index (χ1) is 12.7. The van der Waals surface area contributed by atoms with Crippen LogP contribution in [0.5, 0.6) is 5.88 Å². The number of benzene rings is 1. The van der Waals surface area contributed by atoms with Crippen molar-refractivity contribution < 1.29 is 9.13 Å². The molecule has 0 N–H and O–H groups in total. The molecule has 6 nitrogen and oxygen atoms in total. The summed E-state index contributed by atoms with van der Waals surface area (Å²) in [6, 6.07) is 6.96. The van der Waals surface area contributed by atoms with E-state index in [1.54, 1.807) is 31.6 Å². The Kier molecular flexibility index (Phi) is 4.33. The lowest BCUT2D eigenvalue weighted by Crippen LogP contribution is -2.49. The summed E-state index contributed by atoms with van der Waals surface area (Å²) in [6.45, 7) is 2.34. The molecule has 26 heavy (non-hydrogen) atoms. The van der Waals surface area contributed by atoms with Gasteiger partial charge in [-0.15, -0.1) is 0 Å². The summed E-state index contributed by atoms with van der Waals surface area (Å²) in [4.78, 5) is 12.9. The van der Waals surface area contributed by atoms with E-state index in [1.165, 1.54) is 6.07 Å². The molecule has 0 aliphatic carbocycles. The molecule has 0 spiro atoms. The minimum Gasteiger partial charge on any atom is -0.478 e. The molecular formula is C19H20FN5O. The first-order valence-corrected chi connectivity index (χ1v) is 8.78. The van der Waals surface area contributed by atoms with Crippen LogP contribution in [-0.2, 0) is 0 Å². The predicted octanol–water partition coefficient (Wildman–Crippen LogP) is 2.60. The number of rotatable bonds is 3. The average Bonchev–Trinajstić information content (AvgIpc) is 3.10. The minimum atomic E-state index is -0.334. The lowest BCUT2D eigenvalue weighted by Gasteiger charge is -2.40. The standard InChI is InChI=1S/C19H20FN5O/c1-26-19-18(22-7-8-23-19)24-9-5-13-6-10-25(16(13)12-24)17-14(11-21)3-2-4-15(17)20/h2-4,7-8,13,16H,5-6,9-10,12H2,1H3. The van der Waals surface area contributed by atoms with Crippen LogP contribution in [0.15, 0.2) is 30.6 Å². The van der Waals surface area contributed by atoms with E-state index in [-0.39, 0.29) is 11.9 Å². The second-order valence-corrected chi connectivity index (χ2v) is 6.68. The molecule has 2 atom stereocenters. The maximum absolute atomic E-state index is 14.5. The van der Waals surface area contributed by atoms with E-state index >= 15 is 0 Å². The highest BCUT2D eigenvalue weighted by molar-refractivity contribution is 5.62. The number of fused-ring (bicyclic) bond motifs is 1. The number of aromatic nitrogens is 2. The Balaban J connectivity index is 1.65. The van der Waals surface area contributed by atoms with Crippen molar-refractivity contribution in [3.05, 3.63) is 42.0 Å². The predicted molar refractivity (Wildman–Crippen MR) is 95.8 cm³/mol. The molecular weight excluding hydrogens is 333 g/mol. The van der Waals surface area contributed by atoms with Gasteiger partial charge in [0, 0.05) is 38.1 Å². The van der Waals surface area contributed by atoms with Gasteiger partial charge < -0.3 is 14.5 Å². The largest absolute Gasteiger partial charge is 0.478 e. The summed E-state index contributed by atoms with van der Waals surface area (Å²) in [5.41, 5.74) is 0.815. The van der Waals surface area contributed by atoms with Crippen LogP contribution in [0.4, 0.5) is 15.9 Å². The van der Waals surface area contributed by atoms with E-state index in [0.717, 1.165) is 25.9 Å². The number of piperidine rings is 1. The second kappa shape index (κ2) is 6.79. The van der Waals surface area contributed by atoms with Crippen molar-refractivity contribution in [2.75, 3.05) is 36.5 Å². The highest BCUT2D eigenvalue weighted by Crippen LogP contribution is 2.39. The summed E-state index contributed by atoms with van der Waals surface area (Å²) in [5.74, 6) is 1.37. The molecule has 2 aliphatic rings. The summed E-state index contributed by atoms with van der Waals surface area (Å²) in [5, 5.41) is 9.41. The van der Waals surface area contributed by atoms with Gasteiger partial charge in [0.25, 0.3) is 5.88 Å². The van der Waals surface area contributed by atoms with Crippen molar-refractivity contribution in [1.82, 2.24) is 9.97 Å². The Morgan fingerprint density at radius 3 is 2.85 bits per heavy atom. The third-order valence-corrected chi connectivity index (χ3v) is 5.40. The number of nitrogens with zero attached hydrogens (tertiary/aromatic N) is 5. The number of para-hydroxylation sites is 1. The average molecular weight is 353 g/mol. The lowest BCUT2D eigenvalue weighted by molar-refractivity contribution is 0.371. The van der Waals surface area contributed by atoms with E-state index in [4.69, 9.17) is 4.74 Å². The van der Waals surface area contributed by atoms with Crippen LogP contribution in [0.2, 0.25) is 0 Å². The maximum atomic E-state index is 14.5. The number of hydrogen-bond acceptors (Lipinski definition) is 6. The molecule has 2 saturated heterocycles. The number of halogens is 1. The maximum Gasteiger partial charge on any atom is 0.257 e. The van der Waals surface area contributed by atoms with Crippen LogP contribution < -0.4 is 14.5 Å². The molecule has 4 rings (SSSR count). The summed E-state index contributed by atoms with van der Waals surface area (Å²) in [6.07, 6.45) is 5.27. The fourth-order valence-corrected chi connectivity index (χ4v) is 4.19. The number of methoxy groups -OCH3 is 1. The van der Waals surface area contributed by atoms with Crippen molar-refractivity contribution in [3.63, 3.8) is 0 Å². The molecule has 2 fully saturated rings. The second-order valence-electron chi connectivity index (χ2n) is 6.68. The van der Waals surface area contributed by atoms with Gasteiger partial charge in [-0.25, -0.2) is 14.4 Å². The third-order valence-electron chi connectivity index (χ3n) is 5.40. The van der Waals surface area contributed by atoms with Gasteiger partial charge in [-0.1, -0.05) is 6.07 Å². The van der Waals surface area contributed by atoms with E-state index < -0.39 is 0 Å². The molecule has 1 aromatic carbocycles. The molecule has 7 heteroatoms. The quantitative estimate of drug-likeness (QED) is 0.845. The molecule has 1 aromatic heterocycles. The monoisotopic (exact) mass is 353 g/mol. The molecule has 0 bridgehead atoms. The lowest BCUT2D eigenvalue weighted by atomic mass is 9.92. The smallest absolute Gasteiger partial charge is 0.257 e. The zero-order chi connectivity index (χ0) is 18.1. The van der Waals surface area contributed by atoms with E-state index in [9.17, 15) is 9.65 Å². The number of hydrogen-bond donors (Lipinski definition) is 0. The number of nitriles is 1. The molecule has 0 amide bonds. The van der Waals surface area contributed by atoms with Gasteiger partial charge in [0.05, 0.1) is 18.4 Å². The molecule has 3 heterocycles. The van der Waals surface area contributed by atoms with Crippen molar-refractivity contribution in [2.24, 2.45) is 5.92 Å². The summed E-state index contributed by atoms with van der Waals surface area (Å²) in [7, 11) is 1.58. The Hall–Kier alpha value is -2.88. The highest BCUT2D eigenvalue weighted by atomic mass is 19.1. The number of anilines is 2.